The Kier molecular flexibility index (Phi) is 7.12. The molecule has 35 heavy (non-hydrogen) atoms. The molecule has 0 atom stereocenters. The fourth-order valence-electron chi connectivity index (χ4n) is 3.79. The number of nitrogens with zero attached hydrogens (tertiary/aromatic N) is 2. The van der Waals surface area contributed by atoms with Crippen LogP contribution in [-0.2, 0) is 22.6 Å². The van der Waals surface area contributed by atoms with Crippen LogP contribution in [0.15, 0.2) is 82.4 Å². The van der Waals surface area contributed by atoms with Gasteiger partial charge in [0.2, 0.25) is 5.91 Å². The van der Waals surface area contributed by atoms with Crippen molar-refractivity contribution in [3.05, 3.63) is 110 Å². The molecule has 0 saturated heterocycles. The van der Waals surface area contributed by atoms with Crippen molar-refractivity contribution >= 4 is 40.1 Å². The van der Waals surface area contributed by atoms with E-state index in [0.717, 1.165) is 4.57 Å². The van der Waals surface area contributed by atoms with Gasteiger partial charge in [0.1, 0.15) is 6.54 Å². The van der Waals surface area contributed by atoms with Crippen LogP contribution in [0.3, 0.4) is 0 Å². The quantitative estimate of drug-likeness (QED) is 0.397. The SMILES string of the molecule is CCOC(=O)c1ccccc1NC(=O)Cn1c(=O)n(Cc2cccc(Cl)c2)c(=O)c2ccccc21. The number of hydrogen-bond acceptors (Lipinski definition) is 5. The molecule has 178 valence electrons. The normalized spacial score (nSPS) is 10.8. The number of fused-ring (bicyclic) bond motifs is 1. The van der Waals surface area contributed by atoms with Gasteiger partial charge in [-0.2, -0.15) is 0 Å². The molecular formula is C26H22ClN3O5. The van der Waals surface area contributed by atoms with Gasteiger partial charge >= 0.3 is 11.7 Å². The number of para-hydroxylation sites is 2. The average molecular weight is 492 g/mol. The average Bonchev–Trinajstić information content (AvgIpc) is 2.85. The molecule has 0 radical (unpaired) electrons. The van der Waals surface area contributed by atoms with Crippen molar-refractivity contribution in [2.75, 3.05) is 11.9 Å². The fraction of sp³-hybridized carbons (Fsp3) is 0.154. The minimum Gasteiger partial charge on any atom is -0.462 e. The van der Waals surface area contributed by atoms with Gasteiger partial charge in [0, 0.05) is 5.02 Å². The highest BCUT2D eigenvalue weighted by Crippen LogP contribution is 2.17. The molecule has 0 bridgehead atoms. The molecule has 1 N–H and O–H groups in total. The maximum absolute atomic E-state index is 13.4. The van der Waals surface area contributed by atoms with E-state index in [-0.39, 0.29) is 30.9 Å². The molecule has 3 aromatic carbocycles. The van der Waals surface area contributed by atoms with Crippen LogP contribution >= 0.6 is 11.6 Å². The van der Waals surface area contributed by atoms with Crippen LogP contribution in [0.5, 0.6) is 0 Å². The van der Waals surface area contributed by atoms with Crippen LogP contribution in [0.25, 0.3) is 10.9 Å². The van der Waals surface area contributed by atoms with Crippen LogP contribution in [0, 0.1) is 0 Å². The van der Waals surface area contributed by atoms with E-state index in [1.165, 1.54) is 4.57 Å². The lowest BCUT2D eigenvalue weighted by Gasteiger charge is -2.15. The number of benzene rings is 3. The number of esters is 1. The number of amides is 1. The van der Waals surface area contributed by atoms with E-state index in [0.29, 0.717) is 21.5 Å². The van der Waals surface area contributed by atoms with Crippen molar-refractivity contribution in [2.45, 2.75) is 20.0 Å². The van der Waals surface area contributed by atoms with Crippen molar-refractivity contribution in [3.63, 3.8) is 0 Å². The first-order chi connectivity index (χ1) is 16.9. The van der Waals surface area contributed by atoms with Crippen LogP contribution in [0.4, 0.5) is 5.69 Å². The van der Waals surface area contributed by atoms with E-state index in [2.05, 4.69) is 5.32 Å². The summed E-state index contributed by atoms with van der Waals surface area (Å²) in [7, 11) is 0. The molecular weight excluding hydrogens is 470 g/mol. The number of carbonyl (C=O) groups excluding carboxylic acids is 2. The smallest absolute Gasteiger partial charge is 0.340 e. The molecule has 1 heterocycles. The number of rotatable bonds is 7. The number of anilines is 1. The van der Waals surface area contributed by atoms with E-state index >= 15 is 0 Å². The summed E-state index contributed by atoms with van der Waals surface area (Å²) in [6.45, 7) is 1.51. The molecule has 4 rings (SSSR count). The topological polar surface area (TPSA) is 99.4 Å². The summed E-state index contributed by atoms with van der Waals surface area (Å²) in [6.07, 6.45) is 0. The van der Waals surface area contributed by atoms with Gasteiger partial charge in [-0.25, -0.2) is 9.59 Å². The predicted molar refractivity (Wildman–Crippen MR) is 134 cm³/mol. The Labute approximate surface area is 205 Å². The molecule has 0 aliphatic rings. The Morgan fingerprint density at radius 3 is 2.46 bits per heavy atom. The van der Waals surface area contributed by atoms with Crippen molar-refractivity contribution in [3.8, 4) is 0 Å². The third kappa shape index (κ3) is 5.17. The summed E-state index contributed by atoms with van der Waals surface area (Å²) < 4.78 is 7.36. The summed E-state index contributed by atoms with van der Waals surface area (Å²) in [5.74, 6) is -1.11. The van der Waals surface area contributed by atoms with Crippen molar-refractivity contribution < 1.29 is 14.3 Å². The van der Waals surface area contributed by atoms with Gasteiger partial charge in [0.25, 0.3) is 5.56 Å². The molecule has 4 aromatic rings. The Hall–Kier alpha value is -4.17. The molecule has 1 amide bonds. The summed E-state index contributed by atoms with van der Waals surface area (Å²) in [5, 5.41) is 3.46. The number of ether oxygens (including phenoxy) is 1. The second-order valence-electron chi connectivity index (χ2n) is 7.72. The van der Waals surface area contributed by atoms with Gasteiger partial charge in [-0.15, -0.1) is 0 Å². The van der Waals surface area contributed by atoms with Crippen molar-refractivity contribution in [2.24, 2.45) is 0 Å². The molecule has 8 nitrogen and oxygen atoms in total. The Bertz CT molecular complexity index is 1540. The zero-order valence-corrected chi connectivity index (χ0v) is 19.6. The summed E-state index contributed by atoms with van der Waals surface area (Å²) in [6, 6.07) is 19.9. The predicted octanol–water partition coefficient (Wildman–Crippen LogP) is 3.68. The van der Waals surface area contributed by atoms with Crippen LogP contribution in [0.1, 0.15) is 22.8 Å². The van der Waals surface area contributed by atoms with Gasteiger partial charge in [-0.3, -0.25) is 18.7 Å². The molecule has 1 aromatic heterocycles. The molecule has 0 unspecified atom stereocenters. The Morgan fingerprint density at radius 1 is 0.943 bits per heavy atom. The zero-order chi connectivity index (χ0) is 24.9. The van der Waals surface area contributed by atoms with E-state index in [1.807, 2.05) is 0 Å². The highest BCUT2D eigenvalue weighted by atomic mass is 35.5. The second kappa shape index (κ2) is 10.4. The van der Waals surface area contributed by atoms with E-state index in [9.17, 15) is 19.2 Å². The second-order valence-corrected chi connectivity index (χ2v) is 8.16. The lowest BCUT2D eigenvalue weighted by atomic mass is 10.1. The van der Waals surface area contributed by atoms with E-state index < -0.39 is 23.1 Å². The molecule has 0 aliphatic heterocycles. The molecule has 0 saturated carbocycles. The van der Waals surface area contributed by atoms with E-state index in [4.69, 9.17) is 16.3 Å². The van der Waals surface area contributed by atoms with Crippen molar-refractivity contribution in [1.29, 1.82) is 0 Å². The number of carbonyl (C=O) groups is 2. The first-order valence-electron chi connectivity index (χ1n) is 10.9. The van der Waals surface area contributed by atoms with Gasteiger partial charge < -0.3 is 10.1 Å². The first kappa shape index (κ1) is 24.0. The largest absolute Gasteiger partial charge is 0.462 e. The highest BCUT2D eigenvalue weighted by Gasteiger charge is 2.18. The molecule has 9 heteroatoms. The number of aromatic nitrogens is 2. The first-order valence-corrected chi connectivity index (χ1v) is 11.3. The third-order valence-electron chi connectivity index (χ3n) is 5.36. The third-order valence-corrected chi connectivity index (χ3v) is 5.60. The lowest BCUT2D eigenvalue weighted by Crippen LogP contribution is -2.42. The number of nitrogens with one attached hydrogen (secondary N) is 1. The zero-order valence-electron chi connectivity index (χ0n) is 18.9. The molecule has 0 fully saturated rings. The van der Waals surface area contributed by atoms with Crippen molar-refractivity contribution in [1.82, 2.24) is 9.13 Å². The summed E-state index contributed by atoms with van der Waals surface area (Å²) >= 11 is 6.06. The monoisotopic (exact) mass is 491 g/mol. The minimum absolute atomic E-state index is 0.00360. The number of halogens is 1. The maximum atomic E-state index is 13.4. The molecule has 0 aliphatic carbocycles. The number of hydrogen-bond donors (Lipinski definition) is 1. The van der Waals surface area contributed by atoms with Gasteiger partial charge in [0.15, 0.2) is 0 Å². The Morgan fingerprint density at radius 2 is 1.69 bits per heavy atom. The van der Waals surface area contributed by atoms with E-state index in [1.54, 1.807) is 79.7 Å². The van der Waals surface area contributed by atoms with Crippen LogP contribution in [0.2, 0.25) is 5.02 Å². The fourth-order valence-corrected chi connectivity index (χ4v) is 4.01. The van der Waals surface area contributed by atoms with Gasteiger partial charge in [0.05, 0.1) is 35.3 Å². The highest BCUT2D eigenvalue weighted by molar-refractivity contribution is 6.30. The lowest BCUT2D eigenvalue weighted by molar-refractivity contribution is -0.116. The van der Waals surface area contributed by atoms with Crippen LogP contribution < -0.4 is 16.6 Å². The van der Waals surface area contributed by atoms with Gasteiger partial charge in [-0.1, -0.05) is 48.0 Å². The standard InChI is InChI=1S/C26H22ClN3O5/c1-2-35-25(33)19-10-3-5-12-21(19)28-23(31)16-29-22-13-6-4-11-20(22)24(32)30(26(29)34)15-17-8-7-9-18(27)14-17/h3-14H,2,15-16H2,1H3,(H,28,31). The summed E-state index contributed by atoms with van der Waals surface area (Å²) in [5.41, 5.74) is 0.369. The Balaban J connectivity index is 1.72. The summed E-state index contributed by atoms with van der Waals surface area (Å²) in [4.78, 5) is 51.7. The molecule has 0 spiro atoms. The minimum atomic E-state index is -0.637. The van der Waals surface area contributed by atoms with Crippen LogP contribution in [-0.4, -0.2) is 27.6 Å². The van der Waals surface area contributed by atoms with Gasteiger partial charge in [-0.05, 0) is 48.9 Å². The maximum Gasteiger partial charge on any atom is 0.340 e.